The third-order valence-electron chi connectivity index (χ3n) is 2.38. The molecule has 1 aromatic carbocycles. The summed E-state index contributed by atoms with van der Waals surface area (Å²) in [7, 11) is 0. The molecule has 2 aromatic rings. The van der Waals surface area contributed by atoms with E-state index in [1.807, 2.05) is 26.0 Å². The fourth-order valence-corrected chi connectivity index (χ4v) is 2.00. The first-order chi connectivity index (χ1) is 8.06. The van der Waals surface area contributed by atoms with Crippen molar-refractivity contribution in [2.45, 2.75) is 13.8 Å². The van der Waals surface area contributed by atoms with Gasteiger partial charge in [0.15, 0.2) is 0 Å². The van der Waals surface area contributed by atoms with Crippen LogP contribution in [0.5, 0.6) is 11.5 Å². The standard InChI is InChI=1S/C13H13ClN2O/c1-8-3-10(14)4-9(2)13(8)17-12-5-11(15)6-16-7-12/h3-7H,15H2,1-2H3. The summed E-state index contributed by atoms with van der Waals surface area (Å²) in [6, 6.07) is 5.47. The average molecular weight is 249 g/mol. The largest absolute Gasteiger partial charge is 0.455 e. The highest BCUT2D eigenvalue weighted by Gasteiger charge is 2.07. The molecule has 2 rings (SSSR count). The van der Waals surface area contributed by atoms with Crippen molar-refractivity contribution in [3.8, 4) is 11.5 Å². The lowest BCUT2D eigenvalue weighted by Crippen LogP contribution is -1.93. The molecule has 0 saturated carbocycles. The fourth-order valence-electron chi connectivity index (χ4n) is 1.67. The van der Waals surface area contributed by atoms with E-state index in [9.17, 15) is 0 Å². The van der Waals surface area contributed by atoms with E-state index in [0.29, 0.717) is 16.5 Å². The monoisotopic (exact) mass is 248 g/mol. The van der Waals surface area contributed by atoms with Gasteiger partial charge in [0.05, 0.1) is 18.1 Å². The van der Waals surface area contributed by atoms with Crippen LogP contribution in [-0.2, 0) is 0 Å². The van der Waals surface area contributed by atoms with Gasteiger partial charge < -0.3 is 10.5 Å². The summed E-state index contributed by atoms with van der Waals surface area (Å²) in [6.45, 7) is 3.90. The second kappa shape index (κ2) is 4.63. The number of hydrogen-bond donors (Lipinski definition) is 1. The highest BCUT2D eigenvalue weighted by molar-refractivity contribution is 6.30. The molecule has 0 bridgehead atoms. The van der Waals surface area contributed by atoms with Crippen LogP contribution < -0.4 is 10.5 Å². The number of hydrogen-bond acceptors (Lipinski definition) is 3. The molecule has 88 valence electrons. The average Bonchev–Trinajstić information content (AvgIpc) is 2.23. The molecule has 1 heterocycles. The van der Waals surface area contributed by atoms with Crippen molar-refractivity contribution in [2.75, 3.05) is 5.73 Å². The van der Waals surface area contributed by atoms with E-state index >= 15 is 0 Å². The van der Waals surface area contributed by atoms with Crippen molar-refractivity contribution in [1.29, 1.82) is 0 Å². The number of nitrogens with two attached hydrogens (primary N) is 1. The Morgan fingerprint density at radius 2 is 1.76 bits per heavy atom. The van der Waals surface area contributed by atoms with E-state index in [1.54, 1.807) is 18.5 Å². The summed E-state index contributed by atoms with van der Waals surface area (Å²) >= 11 is 5.96. The smallest absolute Gasteiger partial charge is 0.147 e. The fraction of sp³-hybridized carbons (Fsp3) is 0.154. The van der Waals surface area contributed by atoms with E-state index in [1.165, 1.54) is 0 Å². The molecule has 0 aliphatic rings. The topological polar surface area (TPSA) is 48.1 Å². The highest BCUT2D eigenvalue weighted by Crippen LogP contribution is 2.31. The molecule has 2 N–H and O–H groups in total. The molecule has 0 unspecified atom stereocenters. The van der Waals surface area contributed by atoms with Crippen LogP contribution in [0.3, 0.4) is 0 Å². The van der Waals surface area contributed by atoms with E-state index < -0.39 is 0 Å². The van der Waals surface area contributed by atoms with Crippen LogP contribution in [-0.4, -0.2) is 4.98 Å². The van der Waals surface area contributed by atoms with Gasteiger partial charge in [-0.2, -0.15) is 0 Å². The molecule has 0 saturated heterocycles. The maximum absolute atomic E-state index is 5.96. The van der Waals surface area contributed by atoms with Crippen molar-refractivity contribution in [2.24, 2.45) is 0 Å². The Bertz CT molecular complexity index is 532. The Morgan fingerprint density at radius 3 is 2.35 bits per heavy atom. The number of nitrogen functional groups attached to an aromatic ring is 1. The van der Waals surface area contributed by atoms with E-state index in [2.05, 4.69) is 4.98 Å². The number of aromatic nitrogens is 1. The summed E-state index contributed by atoms with van der Waals surface area (Å²) in [5, 5.41) is 0.707. The van der Waals surface area contributed by atoms with Gasteiger partial charge in [-0.05, 0) is 37.1 Å². The molecule has 0 radical (unpaired) electrons. The Kier molecular flexibility index (Phi) is 3.20. The Balaban J connectivity index is 2.36. The van der Waals surface area contributed by atoms with Crippen molar-refractivity contribution in [3.63, 3.8) is 0 Å². The Hall–Kier alpha value is -1.74. The minimum atomic E-state index is 0.576. The zero-order valence-electron chi connectivity index (χ0n) is 9.70. The van der Waals surface area contributed by atoms with Crippen LogP contribution in [0, 0.1) is 13.8 Å². The number of halogens is 1. The molecule has 0 atom stereocenters. The lowest BCUT2D eigenvalue weighted by atomic mass is 10.1. The molecule has 0 spiro atoms. The minimum Gasteiger partial charge on any atom is -0.455 e. The van der Waals surface area contributed by atoms with E-state index in [-0.39, 0.29) is 0 Å². The second-order valence-corrected chi connectivity index (χ2v) is 4.36. The normalized spacial score (nSPS) is 10.3. The van der Waals surface area contributed by atoms with E-state index in [4.69, 9.17) is 22.1 Å². The minimum absolute atomic E-state index is 0.576. The van der Waals surface area contributed by atoms with Gasteiger partial charge >= 0.3 is 0 Å². The van der Waals surface area contributed by atoms with E-state index in [0.717, 1.165) is 16.9 Å². The maximum atomic E-state index is 5.96. The molecule has 4 heteroatoms. The number of benzene rings is 1. The molecule has 0 fully saturated rings. The number of rotatable bonds is 2. The zero-order valence-corrected chi connectivity index (χ0v) is 10.5. The van der Waals surface area contributed by atoms with Crippen LogP contribution >= 0.6 is 11.6 Å². The maximum Gasteiger partial charge on any atom is 0.147 e. The van der Waals surface area contributed by atoms with Crippen LogP contribution in [0.25, 0.3) is 0 Å². The lowest BCUT2D eigenvalue weighted by molar-refractivity contribution is 0.473. The van der Waals surface area contributed by atoms with Gasteiger partial charge in [-0.25, -0.2) is 0 Å². The second-order valence-electron chi connectivity index (χ2n) is 3.92. The number of pyridine rings is 1. The summed E-state index contributed by atoms with van der Waals surface area (Å²) < 4.78 is 5.77. The quantitative estimate of drug-likeness (QED) is 0.881. The van der Waals surface area contributed by atoms with Gasteiger partial charge in [-0.1, -0.05) is 11.6 Å². The van der Waals surface area contributed by atoms with Crippen molar-refractivity contribution < 1.29 is 4.74 Å². The first-order valence-corrected chi connectivity index (χ1v) is 5.59. The van der Waals surface area contributed by atoms with Crippen LogP contribution in [0.4, 0.5) is 5.69 Å². The number of anilines is 1. The molecule has 0 amide bonds. The predicted octanol–water partition coefficient (Wildman–Crippen LogP) is 3.73. The van der Waals surface area contributed by atoms with Crippen molar-refractivity contribution >= 4 is 17.3 Å². The Morgan fingerprint density at radius 1 is 1.12 bits per heavy atom. The number of ether oxygens (including phenoxy) is 1. The van der Waals surface area contributed by atoms with Gasteiger partial charge in [0.25, 0.3) is 0 Å². The first kappa shape index (κ1) is 11.7. The zero-order chi connectivity index (χ0) is 12.4. The van der Waals surface area contributed by atoms with Crippen LogP contribution in [0.15, 0.2) is 30.6 Å². The Labute approximate surface area is 105 Å². The highest BCUT2D eigenvalue weighted by atomic mass is 35.5. The van der Waals surface area contributed by atoms with Gasteiger partial charge in [0.2, 0.25) is 0 Å². The third-order valence-corrected chi connectivity index (χ3v) is 2.60. The lowest BCUT2D eigenvalue weighted by Gasteiger charge is -2.12. The van der Waals surface area contributed by atoms with Crippen molar-refractivity contribution in [1.82, 2.24) is 4.98 Å². The summed E-state index contributed by atoms with van der Waals surface area (Å²) in [4.78, 5) is 3.98. The summed E-state index contributed by atoms with van der Waals surface area (Å²) in [5.74, 6) is 1.42. The summed E-state index contributed by atoms with van der Waals surface area (Å²) in [6.07, 6.45) is 3.21. The molecule has 0 aliphatic carbocycles. The van der Waals surface area contributed by atoms with Crippen molar-refractivity contribution in [3.05, 3.63) is 46.7 Å². The SMILES string of the molecule is Cc1cc(Cl)cc(C)c1Oc1cncc(N)c1. The first-order valence-electron chi connectivity index (χ1n) is 5.21. The summed E-state index contributed by atoms with van der Waals surface area (Å²) in [5.41, 5.74) is 8.19. The predicted molar refractivity (Wildman–Crippen MR) is 69.6 cm³/mol. The molecular weight excluding hydrogens is 236 g/mol. The van der Waals surface area contributed by atoms with Crippen LogP contribution in [0.2, 0.25) is 5.02 Å². The molecule has 3 nitrogen and oxygen atoms in total. The van der Waals surface area contributed by atoms with Gasteiger partial charge in [-0.3, -0.25) is 4.98 Å². The van der Waals surface area contributed by atoms with Gasteiger partial charge in [-0.15, -0.1) is 0 Å². The third kappa shape index (κ3) is 2.68. The number of nitrogens with zero attached hydrogens (tertiary/aromatic N) is 1. The molecule has 0 aliphatic heterocycles. The van der Waals surface area contributed by atoms with Gasteiger partial charge in [0.1, 0.15) is 11.5 Å². The molecule has 1 aromatic heterocycles. The molecule has 17 heavy (non-hydrogen) atoms. The van der Waals surface area contributed by atoms with Gasteiger partial charge in [0, 0.05) is 11.1 Å². The van der Waals surface area contributed by atoms with Crippen LogP contribution in [0.1, 0.15) is 11.1 Å². The number of aryl methyl sites for hydroxylation is 2. The molecular formula is C13H13ClN2O.